The maximum Gasteiger partial charge on any atom is 0.367 e. The molecule has 0 fully saturated rings. The Balaban J connectivity index is 1.94. The lowest BCUT2D eigenvalue weighted by molar-refractivity contribution is -0.136. The molecule has 0 atom stereocenters. The van der Waals surface area contributed by atoms with Gasteiger partial charge >= 0.3 is 5.97 Å². The Bertz CT molecular complexity index is 909. The second-order valence-corrected chi connectivity index (χ2v) is 7.54. The van der Waals surface area contributed by atoms with Gasteiger partial charge in [-0.3, -0.25) is 0 Å². The first-order valence-electron chi connectivity index (χ1n) is 7.28. The summed E-state index contributed by atoms with van der Waals surface area (Å²) < 4.78 is 7.59. The number of oxime groups is 1. The Hall–Kier alpha value is -1.63. The smallest absolute Gasteiger partial charge is 0.367 e. The summed E-state index contributed by atoms with van der Waals surface area (Å²) in [5.74, 6) is 0.137. The van der Waals surface area contributed by atoms with E-state index in [2.05, 4.69) is 37.0 Å². The van der Waals surface area contributed by atoms with E-state index in [1.165, 1.54) is 0 Å². The maximum absolute atomic E-state index is 11.8. The number of hydrogen-bond acceptors (Lipinski definition) is 4. The van der Waals surface area contributed by atoms with Crippen LogP contribution < -0.4 is 4.74 Å². The molecule has 0 aromatic heterocycles. The molecule has 128 valence electrons. The molecule has 25 heavy (non-hydrogen) atoms. The van der Waals surface area contributed by atoms with Gasteiger partial charge in [-0.25, -0.2) is 4.79 Å². The van der Waals surface area contributed by atoms with Gasteiger partial charge < -0.3 is 9.57 Å². The van der Waals surface area contributed by atoms with Crippen molar-refractivity contribution >= 4 is 61.2 Å². The average Bonchev–Trinajstić information content (AvgIpc) is 2.86. The van der Waals surface area contributed by atoms with Crippen molar-refractivity contribution in [2.24, 2.45) is 5.16 Å². The van der Waals surface area contributed by atoms with Crippen LogP contribution >= 0.6 is 43.5 Å². The number of benzene rings is 2. The molecule has 0 saturated heterocycles. The molecule has 1 aliphatic rings. The molecule has 0 radical (unpaired) electrons. The SMILES string of the molecule is CC1=NOC(=O)/C1=C\c1cc(Br)cc(Br)c1OCc1cccc(Cl)c1. The second kappa shape index (κ2) is 7.72. The van der Waals surface area contributed by atoms with Crippen LogP contribution in [0.1, 0.15) is 18.1 Å². The van der Waals surface area contributed by atoms with E-state index in [-0.39, 0.29) is 0 Å². The van der Waals surface area contributed by atoms with E-state index >= 15 is 0 Å². The summed E-state index contributed by atoms with van der Waals surface area (Å²) in [6.45, 7) is 2.06. The molecule has 1 heterocycles. The molecule has 3 rings (SSSR count). The fourth-order valence-electron chi connectivity index (χ4n) is 2.30. The lowest BCUT2D eigenvalue weighted by atomic mass is 10.1. The number of ether oxygens (including phenoxy) is 1. The Morgan fingerprint density at radius 3 is 2.76 bits per heavy atom. The maximum atomic E-state index is 11.8. The highest BCUT2D eigenvalue weighted by Gasteiger charge is 2.23. The minimum absolute atomic E-state index is 0.342. The quantitative estimate of drug-likeness (QED) is 0.409. The fourth-order valence-corrected chi connectivity index (χ4v) is 3.88. The minimum Gasteiger partial charge on any atom is -0.487 e. The molecule has 0 unspecified atom stereocenters. The zero-order chi connectivity index (χ0) is 18.0. The topological polar surface area (TPSA) is 47.9 Å². The Kier molecular flexibility index (Phi) is 5.61. The van der Waals surface area contributed by atoms with Gasteiger partial charge in [-0.15, -0.1) is 0 Å². The van der Waals surface area contributed by atoms with Crippen molar-refractivity contribution in [3.05, 3.63) is 67.1 Å². The van der Waals surface area contributed by atoms with E-state index in [1.54, 1.807) is 13.0 Å². The lowest BCUT2D eigenvalue weighted by Crippen LogP contribution is -2.03. The number of carbonyl (C=O) groups is 1. The van der Waals surface area contributed by atoms with Crippen LogP contribution in [-0.2, 0) is 16.2 Å². The molecule has 0 aliphatic carbocycles. The van der Waals surface area contributed by atoms with Crippen LogP contribution in [0.3, 0.4) is 0 Å². The third kappa shape index (κ3) is 4.32. The zero-order valence-corrected chi connectivity index (χ0v) is 17.0. The third-order valence-corrected chi connectivity index (χ3v) is 4.77. The Morgan fingerprint density at radius 1 is 1.28 bits per heavy atom. The van der Waals surface area contributed by atoms with Crippen molar-refractivity contribution in [1.29, 1.82) is 0 Å². The van der Waals surface area contributed by atoms with Gasteiger partial charge in [0.15, 0.2) is 0 Å². The highest BCUT2D eigenvalue weighted by Crippen LogP contribution is 2.35. The van der Waals surface area contributed by atoms with Gasteiger partial charge in [-0.2, -0.15) is 0 Å². The van der Waals surface area contributed by atoms with Crippen LogP contribution in [0, 0.1) is 0 Å². The first-order chi connectivity index (χ1) is 11.9. The predicted octanol–water partition coefficient (Wildman–Crippen LogP) is 5.76. The number of halogens is 3. The summed E-state index contributed by atoms with van der Waals surface area (Å²) in [4.78, 5) is 16.5. The van der Waals surface area contributed by atoms with Gasteiger partial charge in [0.2, 0.25) is 0 Å². The number of carbonyl (C=O) groups excluding carboxylic acids is 1. The molecule has 4 nitrogen and oxygen atoms in total. The summed E-state index contributed by atoms with van der Waals surface area (Å²) in [5, 5.41) is 4.34. The first kappa shape index (κ1) is 18.2. The molecular formula is C18H12Br2ClNO3. The van der Waals surface area contributed by atoms with Crippen LogP contribution in [0.5, 0.6) is 5.75 Å². The molecule has 1 aliphatic heterocycles. The molecule has 0 amide bonds. The Labute approximate surface area is 166 Å². The first-order valence-corrected chi connectivity index (χ1v) is 9.25. The number of nitrogens with zero attached hydrogens (tertiary/aromatic N) is 1. The molecular weight excluding hydrogens is 473 g/mol. The van der Waals surface area contributed by atoms with Crippen LogP contribution in [0.4, 0.5) is 0 Å². The molecule has 0 spiro atoms. The molecule has 0 saturated carbocycles. The zero-order valence-electron chi connectivity index (χ0n) is 13.1. The van der Waals surface area contributed by atoms with Crippen LogP contribution in [0.15, 0.2) is 56.1 Å². The summed E-state index contributed by atoms with van der Waals surface area (Å²) >= 11 is 13.0. The van der Waals surface area contributed by atoms with Gasteiger partial charge in [0.05, 0.1) is 15.8 Å². The van der Waals surface area contributed by atoms with Gasteiger partial charge in [0, 0.05) is 15.1 Å². The Morgan fingerprint density at radius 2 is 2.08 bits per heavy atom. The average molecular weight is 486 g/mol. The van der Waals surface area contributed by atoms with Crippen molar-refractivity contribution in [3.8, 4) is 5.75 Å². The number of rotatable bonds is 4. The van der Waals surface area contributed by atoms with E-state index in [0.29, 0.717) is 28.7 Å². The lowest BCUT2D eigenvalue weighted by Gasteiger charge is -2.13. The summed E-state index contributed by atoms with van der Waals surface area (Å²) in [6, 6.07) is 11.2. The van der Waals surface area contributed by atoms with E-state index in [9.17, 15) is 4.79 Å². The third-order valence-electron chi connectivity index (χ3n) is 3.48. The van der Waals surface area contributed by atoms with Crippen molar-refractivity contribution in [2.45, 2.75) is 13.5 Å². The predicted molar refractivity (Wildman–Crippen MR) is 105 cm³/mol. The van der Waals surface area contributed by atoms with Gasteiger partial charge in [0.25, 0.3) is 0 Å². The molecule has 2 aromatic rings. The van der Waals surface area contributed by atoms with Crippen molar-refractivity contribution < 1.29 is 14.4 Å². The van der Waals surface area contributed by atoms with E-state index in [0.717, 1.165) is 20.1 Å². The van der Waals surface area contributed by atoms with Crippen molar-refractivity contribution in [2.75, 3.05) is 0 Å². The highest BCUT2D eigenvalue weighted by molar-refractivity contribution is 9.11. The largest absolute Gasteiger partial charge is 0.487 e. The molecule has 7 heteroatoms. The van der Waals surface area contributed by atoms with Crippen LogP contribution in [0.2, 0.25) is 5.02 Å². The minimum atomic E-state index is -0.477. The fraction of sp³-hybridized carbons (Fsp3) is 0.111. The molecule has 0 N–H and O–H groups in total. The van der Waals surface area contributed by atoms with Crippen molar-refractivity contribution in [3.63, 3.8) is 0 Å². The van der Waals surface area contributed by atoms with Gasteiger partial charge in [0.1, 0.15) is 12.4 Å². The van der Waals surface area contributed by atoms with Crippen molar-refractivity contribution in [1.82, 2.24) is 0 Å². The summed E-state index contributed by atoms with van der Waals surface area (Å²) in [7, 11) is 0. The van der Waals surface area contributed by atoms with E-state index in [1.807, 2.05) is 36.4 Å². The van der Waals surface area contributed by atoms with E-state index in [4.69, 9.17) is 21.2 Å². The highest BCUT2D eigenvalue weighted by atomic mass is 79.9. The summed E-state index contributed by atoms with van der Waals surface area (Å²) in [5.41, 5.74) is 2.60. The second-order valence-electron chi connectivity index (χ2n) is 5.34. The normalized spacial score (nSPS) is 15.3. The van der Waals surface area contributed by atoms with Gasteiger partial charge in [-0.1, -0.05) is 44.8 Å². The molecule has 2 aromatic carbocycles. The van der Waals surface area contributed by atoms with Crippen LogP contribution in [0.25, 0.3) is 6.08 Å². The standard InChI is InChI=1S/C18H12Br2ClNO3/c1-10-15(18(23)25-22-10)7-12-6-13(19)8-16(20)17(12)24-9-11-3-2-4-14(21)5-11/h2-8H,9H2,1H3/b15-7-. The van der Waals surface area contributed by atoms with Gasteiger partial charge in [-0.05, 0) is 58.8 Å². The monoisotopic (exact) mass is 483 g/mol. The van der Waals surface area contributed by atoms with Crippen LogP contribution in [-0.4, -0.2) is 11.7 Å². The van der Waals surface area contributed by atoms with E-state index < -0.39 is 5.97 Å². The molecule has 0 bridgehead atoms. The summed E-state index contributed by atoms with van der Waals surface area (Å²) in [6.07, 6.45) is 1.71. The number of hydrogen-bond donors (Lipinski definition) is 0.